The predicted octanol–water partition coefficient (Wildman–Crippen LogP) is 2.14. The number of hydrogen-bond acceptors (Lipinski definition) is 5. The first-order valence-electron chi connectivity index (χ1n) is 8.81. The minimum atomic E-state index is -0.217. The van der Waals surface area contributed by atoms with E-state index in [1.54, 1.807) is 47.5 Å². The van der Waals surface area contributed by atoms with Crippen molar-refractivity contribution in [2.45, 2.75) is 6.54 Å². The molecule has 28 heavy (non-hydrogen) atoms. The highest BCUT2D eigenvalue weighted by molar-refractivity contribution is 7.81. The van der Waals surface area contributed by atoms with Gasteiger partial charge >= 0.3 is 0 Å². The topological polar surface area (TPSA) is 70.6 Å². The Morgan fingerprint density at radius 2 is 1.82 bits per heavy atom. The molecule has 0 amide bonds. The third-order valence-corrected chi connectivity index (χ3v) is 4.55. The molecule has 4 rings (SSSR count). The van der Waals surface area contributed by atoms with Gasteiger partial charge in [0.25, 0.3) is 0 Å². The summed E-state index contributed by atoms with van der Waals surface area (Å²) in [6, 6.07) is 14.4. The van der Waals surface area contributed by atoms with Crippen LogP contribution in [0, 0.1) is 0 Å². The molecule has 1 aliphatic rings. The van der Waals surface area contributed by atoms with Crippen molar-refractivity contribution >= 4 is 28.7 Å². The SMILES string of the molecule is [O-]C(=C(C(=S)NCc1ccco1)[n+]1ccccc1)c1ccc2c(c1)OCCO2. The van der Waals surface area contributed by atoms with Gasteiger partial charge in [0.05, 0.1) is 12.8 Å². The van der Waals surface area contributed by atoms with Crippen molar-refractivity contribution < 1.29 is 23.6 Å². The van der Waals surface area contributed by atoms with Gasteiger partial charge in [0.1, 0.15) is 19.0 Å². The van der Waals surface area contributed by atoms with Crippen LogP contribution in [-0.4, -0.2) is 18.2 Å². The van der Waals surface area contributed by atoms with Crippen molar-refractivity contribution in [1.82, 2.24) is 5.32 Å². The molecule has 0 spiro atoms. The first kappa shape index (κ1) is 18.1. The molecule has 6 nitrogen and oxygen atoms in total. The molecule has 7 heteroatoms. The Labute approximate surface area is 167 Å². The Hall–Kier alpha value is -3.32. The summed E-state index contributed by atoms with van der Waals surface area (Å²) in [7, 11) is 0. The molecule has 0 saturated heterocycles. The second-order valence-electron chi connectivity index (χ2n) is 6.08. The second kappa shape index (κ2) is 8.14. The molecule has 2 aromatic heterocycles. The molecule has 0 unspecified atom stereocenters. The standard InChI is InChI=1S/C21H18N2O4S/c24-20(15-6-7-17-18(13-15)27-12-11-26-17)19(23-8-2-1-3-9-23)21(28)22-14-16-5-4-10-25-16/h1-10,13H,11-12,14H2,(H-,22,24,28). The van der Waals surface area contributed by atoms with E-state index in [1.807, 2.05) is 24.3 Å². The molecule has 3 aromatic rings. The molecule has 3 heterocycles. The van der Waals surface area contributed by atoms with Crippen molar-refractivity contribution in [1.29, 1.82) is 0 Å². The quantitative estimate of drug-likeness (QED) is 0.309. The van der Waals surface area contributed by atoms with E-state index in [2.05, 4.69) is 5.32 Å². The number of nitrogens with zero attached hydrogens (tertiary/aromatic N) is 1. The highest BCUT2D eigenvalue weighted by Crippen LogP contribution is 2.32. The van der Waals surface area contributed by atoms with Crippen molar-refractivity contribution in [3.05, 3.63) is 78.5 Å². The van der Waals surface area contributed by atoms with Crippen LogP contribution < -0.4 is 24.5 Å². The molecule has 1 N–H and O–H groups in total. The number of pyridine rings is 1. The number of aromatic nitrogens is 1. The van der Waals surface area contributed by atoms with E-state index in [4.69, 9.17) is 26.1 Å². The fourth-order valence-corrected chi connectivity index (χ4v) is 3.14. The monoisotopic (exact) mass is 394 g/mol. The number of thiocarbonyl (C=S) groups is 1. The first-order chi connectivity index (χ1) is 13.7. The van der Waals surface area contributed by atoms with Crippen LogP contribution in [0.2, 0.25) is 0 Å². The number of benzene rings is 1. The lowest BCUT2D eigenvalue weighted by Gasteiger charge is -2.21. The summed E-state index contributed by atoms with van der Waals surface area (Å²) in [5.41, 5.74) is 0.816. The molecular formula is C21H18N2O4S. The molecule has 142 valence electrons. The summed E-state index contributed by atoms with van der Waals surface area (Å²) in [6.45, 7) is 1.34. The molecule has 1 aliphatic heterocycles. The molecule has 0 saturated carbocycles. The summed E-state index contributed by atoms with van der Waals surface area (Å²) in [6.07, 6.45) is 5.16. The zero-order valence-electron chi connectivity index (χ0n) is 15.0. The Kier molecular flexibility index (Phi) is 5.25. The van der Waals surface area contributed by atoms with Crippen LogP contribution in [0.3, 0.4) is 0 Å². The largest absolute Gasteiger partial charge is 0.867 e. The van der Waals surface area contributed by atoms with Gasteiger partial charge in [-0.25, -0.2) is 0 Å². The van der Waals surface area contributed by atoms with Crippen LogP contribution in [0.25, 0.3) is 11.5 Å². The maximum Gasteiger partial charge on any atom is 0.237 e. The number of furan rings is 1. The Morgan fingerprint density at radius 3 is 2.57 bits per heavy atom. The Morgan fingerprint density at radius 1 is 1.04 bits per heavy atom. The molecule has 0 aliphatic carbocycles. The molecular weight excluding hydrogens is 376 g/mol. The molecule has 0 atom stereocenters. The first-order valence-corrected chi connectivity index (χ1v) is 9.22. The fraction of sp³-hybridized carbons (Fsp3) is 0.143. The normalized spacial score (nSPS) is 13.6. The van der Waals surface area contributed by atoms with Crippen LogP contribution in [0.4, 0.5) is 0 Å². The average molecular weight is 394 g/mol. The fourth-order valence-electron chi connectivity index (χ4n) is 2.87. The highest BCUT2D eigenvalue weighted by Gasteiger charge is 2.20. The number of ether oxygens (including phenoxy) is 2. The van der Waals surface area contributed by atoms with E-state index < -0.39 is 0 Å². The van der Waals surface area contributed by atoms with Gasteiger partial charge in [-0.3, -0.25) is 0 Å². The van der Waals surface area contributed by atoms with Crippen LogP contribution in [0.5, 0.6) is 11.5 Å². The van der Waals surface area contributed by atoms with Crippen molar-refractivity contribution in [2.75, 3.05) is 13.2 Å². The summed E-state index contributed by atoms with van der Waals surface area (Å²) < 4.78 is 18.2. The molecule has 1 aromatic carbocycles. The zero-order valence-corrected chi connectivity index (χ0v) is 15.8. The van der Waals surface area contributed by atoms with Crippen molar-refractivity contribution in [3.63, 3.8) is 0 Å². The molecule has 0 radical (unpaired) electrons. The van der Waals surface area contributed by atoms with Gasteiger partial charge in [-0.15, -0.1) is 0 Å². The van der Waals surface area contributed by atoms with E-state index in [-0.39, 0.29) is 5.76 Å². The average Bonchev–Trinajstić information content (AvgIpc) is 3.26. The summed E-state index contributed by atoms with van der Waals surface area (Å²) in [5, 5.41) is 16.4. The van der Waals surface area contributed by atoms with Crippen LogP contribution in [0.1, 0.15) is 11.3 Å². The maximum absolute atomic E-state index is 13.3. The van der Waals surface area contributed by atoms with E-state index in [0.717, 1.165) is 5.76 Å². The lowest BCUT2D eigenvalue weighted by Crippen LogP contribution is -2.42. The number of nitrogens with one attached hydrogen (secondary N) is 1. The van der Waals surface area contributed by atoms with Gasteiger partial charge in [-0.2, -0.15) is 4.57 Å². The van der Waals surface area contributed by atoms with Crippen molar-refractivity contribution in [3.8, 4) is 11.5 Å². The van der Waals surface area contributed by atoms with Gasteiger partial charge in [0.15, 0.2) is 28.9 Å². The number of fused-ring (bicyclic) bond motifs is 1. The van der Waals surface area contributed by atoms with Gasteiger partial charge in [0, 0.05) is 12.1 Å². The summed E-state index contributed by atoms with van der Waals surface area (Å²) in [4.78, 5) is 0.326. The number of hydrogen-bond donors (Lipinski definition) is 1. The third-order valence-electron chi connectivity index (χ3n) is 4.21. The Bertz CT molecular complexity index is 1000. The van der Waals surface area contributed by atoms with Crippen LogP contribution in [-0.2, 0) is 6.54 Å². The predicted molar refractivity (Wildman–Crippen MR) is 105 cm³/mol. The van der Waals surface area contributed by atoms with Gasteiger partial charge in [-0.05, 0) is 35.6 Å². The second-order valence-corrected chi connectivity index (χ2v) is 6.49. The van der Waals surface area contributed by atoms with Crippen LogP contribution in [0.15, 0.2) is 71.6 Å². The van der Waals surface area contributed by atoms with Gasteiger partial charge in [0.2, 0.25) is 5.70 Å². The summed E-state index contributed by atoms with van der Waals surface area (Å²) in [5.74, 6) is 1.70. The van der Waals surface area contributed by atoms with E-state index in [9.17, 15) is 5.11 Å². The minimum absolute atomic E-state index is 0.217. The van der Waals surface area contributed by atoms with Gasteiger partial charge < -0.3 is 24.3 Å². The smallest absolute Gasteiger partial charge is 0.237 e. The lowest BCUT2D eigenvalue weighted by molar-refractivity contribution is -0.578. The van der Waals surface area contributed by atoms with E-state index in [0.29, 0.717) is 47.5 Å². The maximum atomic E-state index is 13.3. The molecule has 0 bridgehead atoms. The van der Waals surface area contributed by atoms with E-state index in [1.165, 1.54) is 0 Å². The van der Waals surface area contributed by atoms with Crippen molar-refractivity contribution in [2.24, 2.45) is 0 Å². The Balaban J connectivity index is 1.70. The summed E-state index contributed by atoms with van der Waals surface area (Å²) >= 11 is 5.54. The minimum Gasteiger partial charge on any atom is -0.867 e. The number of rotatable bonds is 5. The van der Waals surface area contributed by atoms with Crippen LogP contribution >= 0.6 is 12.2 Å². The lowest BCUT2D eigenvalue weighted by atomic mass is 10.1. The van der Waals surface area contributed by atoms with Gasteiger partial charge in [-0.1, -0.05) is 24.4 Å². The highest BCUT2D eigenvalue weighted by atomic mass is 32.1. The van der Waals surface area contributed by atoms with E-state index >= 15 is 0 Å². The third kappa shape index (κ3) is 3.84. The zero-order chi connectivity index (χ0) is 19.3. The molecule has 0 fully saturated rings.